The fourth-order valence-corrected chi connectivity index (χ4v) is 2.87. The minimum absolute atomic E-state index is 0.00448. The van der Waals surface area contributed by atoms with Crippen LogP contribution < -0.4 is 5.32 Å². The Labute approximate surface area is 167 Å². The highest BCUT2D eigenvalue weighted by Crippen LogP contribution is 2.17. The lowest BCUT2D eigenvalue weighted by Gasteiger charge is -2.16. The van der Waals surface area contributed by atoms with E-state index in [1.165, 1.54) is 6.92 Å². The number of hydrogen-bond donors (Lipinski definition) is 2. The van der Waals surface area contributed by atoms with Gasteiger partial charge in [-0.2, -0.15) is 8.42 Å². The first-order chi connectivity index (χ1) is 13.1. The number of hydrogen-bond acceptors (Lipinski definition) is 7. The van der Waals surface area contributed by atoms with Gasteiger partial charge >= 0.3 is 5.97 Å². The molecular formula is C18H33NO8S. The van der Waals surface area contributed by atoms with E-state index < -0.39 is 15.9 Å². The maximum atomic E-state index is 11.9. The molecule has 0 saturated carbocycles. The molecule has 0 aromatic rings. The lowest BCUT2D eigenvalue weighted by Crippen LogP contribution is -2.30. The summed E-state index contributed by atoms with van der Waals surface area (Å²) in [4.78, 5) is 34.8. The van der Waals surface area contributed by atoms with Crippen LogP contribution in [0.2, 0.25) is 0 Å². The van der Waals surface area contributed by atoms with E-state index in [9.17, 15) is 22.8 Å². The van der Waals surface area contributed by atoms with Gasteiger partial charge in [0.1, 0.15) is 5.78 Å². The molecule has 0 aliphatic heterocycles. The summed E-state index contributed by atoms with van der Waals surface area (Å²) >= 11 is 0. The minimum Gasteiger partial charge on any atom is -0.466 e. The van der Waals surface area contributed by atoms with Crippen molar-refractivity contribution in [3.63, 3.8) is 0 Å². The quantitative estimate of drug-likeness (QED) is 0.204. The van der Waals surface area contributed by atoms with Gasteiger partial charge in [-0.15, -0.1) is 0 Å². The van der Waals surface area contributed by atoms with Crippen LogP contribution in [0.1, 0.15) is 58.3 Å². The summed E-state index contributed by atoms with van der Waals surface area (Å²) < 4.78 is 40.1. The first-order valence-corrected chi connectivity index (χ1v) is 11.1. The van der Waals surface area contributed by atoms with Crippen LogP contribution in [0.3, 0.4) is 0 Å². The number of esters is 1. The zero-order valence-corrected chi connectivity index (χ0v) is 17.6. The van der Waals surface area contributed by atoms with Gasteiger partial charge in [0.25, 0.3) is 10.1 Å². The van der Waals surface area contributed by atoms with Crippen molar-refractivity contribution in [2.45, 2.75) is 58.3 Å². The standard InChI is InChI=1S/C18H33NO8S/c1-15(20)7-8-16(14-17(21)19-10-13-28(23,24)25)9-12-27-18(22)6-4-3-5-11-26-2/h16H,3-14H2,1-2H3,(H,19,21)(H,23,24,25). The molecule has 0 heterocycles. The smallest absolute Gasteiger partial charge is 0.305 e. The average molecular weight is 424 g/mol. The summed E-state index contributed by atoms with van der Waals surface area (Å²) in [6.45, 7) is 2.11. The molecule has 0 bridgehead atoms. The molecule has 0 aliphatic carbocycles. The van der Waals surface area contributed by atoms with Crippen molar-refractivity contribution in [3.8, 4) is 0 Å². The van der Waals surface area contributed by atoms with Crippen LogP contribution in [0.25, 0.3) is 0 Å². The van der Waals surface area contributed by atoms with Crippen molar-refractivity contribution in [1.82, 2.24) is 5.32 Å². The van der Waals surface area contributed by atoms with E-state index in [0.29, 0.717) is 32.3 Å². The average Bonchev–Trinajstić information content (AvgIpc) is 2.58. The van der Waals surface area contributed by atoms with Crippen molar-refractivity contribution in [1.29, 1.82) is 0 Å². The second-order valence-electron chi connectivity index (χ2n) is 6.76. The number of ether oxygens (including phenoxy) is 2. The summed E-state index contributed by atoms with van der Waals surface area (Å²) in [5, 5.41) is 2.42. The van der Waals surface area contributed by atoms with Crippen LogP contribution in [-0.4, -0.2) is 63.3 Å². The first-order valence-electron chi connectivity index (χ1n) is 9.50. The number of ketones is 1. The zero-order chi connectivity index (χ0) is 21.4. The predicted molar refractivity (Wildman–Crippen MR) is 103 cm³/mol. The molecule has 0 spiro atoms. The topological polar surface area (TPSA) is 136 Å². The number of rotatable bonds is 17. The van der Waals surface area contributed by atoms with Gasteiger partial charge in [-0.05, 0) is 38.5 Å². The largest absolute Gasteiger partial charge is 0.466 e. The fourth-order valence-electron chi connectivity index (χ4n) is 2.51. The molecule has 0 aromatic carbocycles. The van der Waals surface area contributed by atoms with Crippen LogP contribution >= 0.6 is 0 Å². The van der Waals surface area contributed by atoms with Crippen molar-refractivity contribution in [2.24, 2.45) is 5.92 Å². The van der Waals surface area contributed by atoms with Crippen molar-refractivity contribution < 1.29 is 36.8 Å². The number of methoxy groups -OCH3 is 1. The lowest BCUT2D eigenvalue weighted by molar-refractivity contribution is -0.144. The Morgan fingerprint density at radius 1 is 1.04 bits per heavy atom. The van der Waals surface area contributed by atoms with E-state index in [4.69, 9.17) is 14.0 Å². The van der Waals surface area contributed by atoms with Gasteiger partial charge in [0, 0.05) is 39.5 Å². The molecule has 0 fully saturated rings. The van der Waals surface area contributed by atoms with E-state index in [1.54, 1.807) is 7.11 Å². The van der Waals surface area contributed by atoms with Gasteiger partial charge in [0.2, 0.25) is 5.91 Å². The van der Waals surface area contributed by atoms with E-state index in [2.05, 4.69) is 5.32 Å². The van der Waals surface area contributed by atoms with Gasteiger partial charge in [-0.1, -0.05) is 6.42 Å². The molecule has 1 atom stereocenters. The fraction of sp³-hybridized carbons (Fsp3) is 0.833. The van der Waals surface area contributed by atoms with Crippen LogP contribution in [0.4, 0.5) is 0 Å². The van der Waals surface area contributed by atoms with Gasteiger partial charge in [0.15, 0.2) is 0 Å². The van der Waals surface area contributed by atoms with Crippen LogP contribution in [0, 0.1) is 5.92 Å². The molecule has 10 heteroatoms. The summed E-state index contributed by atoms with van der Waals surface area (Å²) in [6.07, 6.45) is 4.16. The summed E-state index contributed by atoms with van der Waals surface area (Å²) in [6, 6.07) is 0. The van der Waals surface area contributed by atoms with Crippen LogP contribution in [-0.2, 0) is 34.0 Å². The molecule has 0 rings (SSSR count). The van der Waals surface area contributed by atoms with Gasteiger partial charge < -0.3 is 19.6 Å². The number of Topliss-reactive ketones (excluding diaryl/α,β-unsaturated/α-hetero) is 1. The Morgan fingerprint density at radius 2 is 1.75 bits per heavy atom. The van der Waals surface area contributed by atoms with Gasteiger partial charge in [-0.25, -0.2) is 0 Å². The lowest BCUT2D eigenvalue weighted by atomic mass is 9.94. The van der Waals surface area contributed by atoms with E-state index in [-0.39, 0.29) is 43.2 Å². The third-order valence-corrected chi connectivity index (χ3v) is 4.80. The molecule has 0 saturated heterocycles. The van der Waals surface area contributed by atoms with Crippen molar-refractivity contribution >= 4 is 27.8 Å². The Hall–Kier alpha value is -1.52. The van der Waals surface area contributed by atoms with Crippen LogP contribution in [0.15, 0.2) is 0 Å². The highest BCUT2D eigenvalue weighted by atomic mass is 32.2. The summed E-state index contributed by atoms with van der Waals surface area (Å²) in [5.41, 5.74) is 0. The predicted octanol–water partition coefficient (Wildman–Crippen LogP) is 1.51. The second kappa shape index (κ2) is 15.4. The Bertz CT molecular complexity index is 576. The molecule has 0 aromatic heterocycles. The molecule has 1 amide bonds. The molecule has 2 N–H and O–H groups in total. The molecule has 1 unspecified atom stereocenters. The third-order valence-electron chi connectivity index (χ3n) is 4.08. The maximum absolute atomic E-state index is 11.9. The molecule has 164 valence electrons. The highest BCUT2D eigenvalue weighted by molar-refractivity contribution is 7.85. The van der Waals surface area contributed by atoms with Crippen molar-refractivity contribution in [2.75, 3.05) is 32.6 Å². The normalized spacial score (nSPS) is 12.4. The minimum atomic E-state index is -4.13. The summed E-state index contributed by atoms with van der Waals surface area (Å²) in [7, 11) is -2.50. The number of nitrogens with one attached hydrogen (secondary N) is 1. The third kappa shape index (κ3) is 17.9. The van der Waals surface area contributed by atoms with Crippen LogP contribution in [0.5, 0.6) is 0 Å². The summed E-state index contributed by atoms with van der Waals surface area (Å²) in [5.74, 6) is -1.38. The SMILES string of the molecule is COCCCCCC(=O)OCCC(CCC(C)=O)CC(=O)NCCS(=O)(=O)O. The molecule has 0 radical (unpaired) electrons. The highest BCUT2D eigenvalue weighted by Gasteiger charge is 2.16. The maximum Gasteiger partial charge on any atom is 0.305 e. The van der Waals surface area contributed by atoms with Gasteiger partial charge in [0.05, 0.1) is 12.4 Å². The van der Waals surface area contributed by atoms with E-state index in [1.807, 2.05) is 0 Å². The zero-order valence-electron chi connectivity index (χ0n) is 16.8. The van der Waals surface area contributed by atoms with E-state index in [0.717, 1.165) is 19.3 Å². The molecule has 9 nitrogen and oxygen atoms in total. The Balaban J connectivity index is 4.20. The number of carbonyl (C=O) groups is 3. The second-order valence-corrected chi connectivity index (χ2v) is 8.33. The molecular weight excluding hydrogens is 390 g/mol. The number of amides is 1. The monoisotopic (exact) mass is 423 g/mol. The van der Waals surface area contributed by atoms with E-state index >= 15 is 0 Å². The number of unbranched alkanes of at least 4 members (excludes halogenated alkanes) is 2. The Morgan fingerprint density at radius 3 is 2.36 bits per heavy atom. The molecule has 0 aliphatic rings. The molecule has 28 heavy (non-hydrogen) atoms. The van der Waals surface area contributed by atoms with Gasteiger partial charge in [-0.3, -0.25) is 14.1 Å². The van der Waals surface area contributed by atoms with Crippen molar-refractivity contribution in [3.05, 3.63) is 0 Å². The first kappa shape index (κ1) is 26.5. The Kier molecular flexibility index (Phi) is 14.6. The number of carbonyl (C=O) groups excluding carboxylic acids is 3.